The Bertz CT molecular complexity index is 520. The number of hydrogen-bond acceptors (Lipinski definition) is 4. The van der Waals surface area contributed by atoms with Crippen LogP contribution in [0.5, 0.6) is 0 Å². The molecule has 0 radical (unpaired) electrons. The number of alkyl carbamates (subject to hydrolysis) is 1. The number of halogens is 2. The molecule has 1 amide bonds. The summed E-state index contributed by atoms with van der Waals surface area (Å²) >= 11 is 8.39. The SMILES string of the molecule is CC(C)(C)OC(=O)NC(CCC(=O)O)Cc1cc(Br)c(Br)s1. The molecule has 0 fully saturated rings. The summed E-state index contributed by atoms with van der Waals surface area (Å²) in [5, 5.41) is 11.6. The van der Waals surface area contributed by atoms with Gasteiger partial charge in [0.15, 0.2) is 0 Å². The molecule has 0 aromatic carbocycles. The number of carbonyl (C=O) groups is 2. The summed E-state index contributed by atoms with van der Waals surface area (Å²) < 4.78 is 7.14. The molecule has 0 saturated heterocycles. The first kappa shape index (κ1) is 19.4. The van der Waals surface area contributed by atoms with Crippen LogP contribution in [-0.4, -0.2) is 28.8 Å². The van der Waals surface area contributed by atoms with Gasteiger partial charge in [0.1, 0.15) is 5.60 Å². The third kappa shape index (κ3) is 7.60. The molecule has 1 aromatic rings. The van der Waals surface area contributed by atoms with Crippen LogP contribution in [0.4, 0.5) is 4.79 Å². The van der Waals surface area contributed by atoms with E-state index in [1.165, 1.54) is 0 Å². The van der Waals surface area contributed by atoms with Gasteiger partial charge < -0.3 is 15.2 Å². The predicted octanol–water partition coefficient (Wildman–Crippen LogP) is 4.57. The number of ether oxygens (including phenoxy) is 1. The van der Waals surface area contributed by atoms with Crippen LogP contribution in [0, 0.1) is 0 Å². The fourth-order valence-corrected chi connectivity index (χ4v) is 3.99. The van der Waals surface area contributed by atoms with Crippen LogP contribution >= 0.6 is 43.2 Å². The van der Waals surface area contributed by atoms with E-state index < -0.39 is 17.7 Å². The first-order valence-electron chi connectivity index (χ1n) is 6.72. The van der Waals surface area contributed by atoms with Crippen molar-refractivity contribution in [3.05, 3.63) is 19.2 Å². The third-order valence-electron chi connectivity index (χ3n) is 2.57. The Morgan fingerprint density at radius 2 is 2.05 bits per heavy atom. The van der Waals surface area contributed by atoms with E-state index in [0.717, 1.165) is 13.1 Å². The number of nitrogens with one attached hydrogen (secondary N) is 1. The van der Waals surface area contributed by atoms with E-state index in [1.807, 2.05) is 6.07 Å². The van der Waals surface area contributed by atoms with E-state index in [4.69, 9.17) is 9.84 Å². The van der Waals surface area contributed by atoms with Crippen molar-refractivity contribution in [1.82, 2.24) is 5.32 Å². The van der Waals surface area contributed by atoms with E-state index >= 15 is 0 Å². The molecule has 0 aliphatic rings. The highest BCUT2D eigenvalue weighted by Gasteiger charge is 2.21. The number of aliphatic carboxylic acids is 1. The topological polar surface area (TPSA) is 75.6 Å². The molecule has 5 nitrogen and oxygen atoms in total. The molecule has 0 saturated carbocycles. The van der Waals surface area contributed by atoms with Gasteiger partial charge in [-0.3, -0.25) is 4.79 Å². The van der Waals surface area contributed by atoms with Gasteiger partial charge >= 0.3 is 12.1 Å². The van der Waals surface area contributed by atoms with Gasteiger partial charge in [-0.05, 0) is 65.1 Å². The minimum absolute atomic E-state index is 0.00577. The second-order valence-corrected chi connectivity index (χ2v) is 9.12. The lowest BCUT2D eigenvalue weighted by molar-refractivity contribution is -0.137. The Morgan fingerprint density at radius 1 is 1.41 bits per heavy atom. The molecular formula is C14H19Br2NO4S. The summed E-state index contributed by atoms with van der Waals surface area (Å²) in [5.74, 6) is -0.885. The van der Waals surface area contributed by atoms with Crippen molar-refractivity contribution in [3.8, 4) is 0 Å². The molecule has 1 heterocycles. The van der Waals surface area contributed by atoms with Crippen LogP contribution in [0.2, 0.25) is 0 Å². The molecule has 0 spiro atoms. The van der Waals surface area contributed by atoms with Gasteiger partial charge in [0.2, 0.25) is 0 Å². The van der Waals surface area contributed by atoms with Gasteiger partial charge in [0, 0.05) is 28.2 Å². The Morgan fingerprint density at radius 3 is 2.50 bits per heavy atom. The van der Waals surface area contributed by atoms with E-state index in [9.17, 15) is 9.59 Å². The molecule has 1 rings (SSSR count). The summed E-state index contributed by atoms with van der Waals surface area (Å²) in [4.78, 5) is 23.7. The van der Waals surface area contributed by atoms with Crippen molar-refractivity contribution in [2.24, 2.45) is 0 Å². The monoisotopic (exact) mass is 455 g/mol. The molecule has 2 N–H and O–H groups in total. The van der Waals surface area contributed by atoms with Crippen LogP contribution in [0.25, 0.3) is 0 Å². The average molecular weight is 457 g/mol. The van der Waals surface area contributed by atoms with Gasteiger partial charge in [0.05, 0.1) is 3.79 Å². The van der Waals surface area contributed by atoms with Crippen molar-refractivity contribution < 1.29 is 19.4 Å². The van der Waals surface area contributed by atoms with Gasteiger partial charge in [-0.25, -0.2) is 4.79 Å². The van der Waals surface area contributed by atoms with E-state index in [0.29, 0.717) is 12.8 Å². The lowest BCUT2D eigenvalue weighted by Crippen LogP contribution is -2.40. The quantitative estimate of drug-likeness (QED) is 0.657. The first-order valence-corrected chi connectivity index (χ1v) is 9.12. The van der Waals surface area contributed by atoms with Gasteiger partial charge in [-0.2, -0.15) is 0 Å². The predicted molar refractivity (Wildman–Crippen MR) is 93.5 cm³/mol. The largest absolute Gasteiger partial charge is 0.481 e. The maximum atomic E-state index is 11.9. The highest BCUT2D eigenvalue weighted by Crippen LogP contribution is 2.33. The standard InChI is InChI=1S/C14H19Br2NO4S/c1-14(2,3)21-13(20)17-8(4-5-11(18)19)6-9-7-10(15)12(16)22-9/h7-8H,4-6H2,1-3H3,(H,17,20)(H,18,19). The minimum Gasteiger partial charge on any atom is -0.481 e. The second-order valence-electron chi connectivity index (χ2n) is 5.81. The fourth-order valence-electron chi connectivity index (χ4n) is 1.73. The molecule has 1 atom stereocenters. The number of carboxylic acid groups (broad SMARTS) is 1. The summed E-state index contributed by atoms with van der Waals surface area (Å²) in [6.45, 7) is 5.35. The van der Waals surface area contributed by atoms with Crippen molar-refractivity contribution in [1.29, 1.82) is 0 Å². The maximum absolute atomic E-state index is 11.9. The number of rotatable bonds is 6. The van der Waals surface area contributed by atoms with Gasteiger partial charge in [-0.1, -0.05) is 0 Å². The van der Waals surface area contributed by atoms with Gasteiger partial charge in [-0.15, -0.1) is 11.3 Å². The summed E-state index contributed by atoms with van der Waals surface area (Å²) in [7, 11) is 0. The number of carbonyl (C=O) groups excluding carboxylic acids is 1. The van der Waals surface area contributed by atoms with Crippen molar-refractivity contribution in [2.45, 2.75) is 51.7 Å². The molecular weight excluding hydrogens is 438 g/mol. The fraction of sp³-hybridized carbons (Fsp3) is 0.571. The van der Waals surface area contributed by atoms with Crippen LogP contribution in [0.15, 0.2) is 14.3 Å². The number of thiophene rings is 1. The number of hydrogen-bond donors (Lipinski definition) is 2. The molecule has 0 aliphatic heterocycles. The molecule has 1 aromatic heterocycles. The smallest absolute Gasteiger partial charge is 0.407 e. The highest BCUT2D eigenvalue weighted by atomic mass is 79.9. The minimum atomic E-state index is -0.885. The van der Waals surface area contributed by atoms with Crippen molar-refractivity contribution in [3.63, 3.8) is 0 Å². The Hall–Kier alpha value is -0.600. The Kier molecular flexibility index (Phi) is 7.34. The maximum Gasteiger partial charge on any atom is 0.407 e. The van der Waals surface area contributed by atoms with E-state index in [1.54, 1.807) is 32.1 Å². The van der Waals surface area contributed by atoms with E-state index in [-0.39, 0.29) is 12.5 Å². The van der Waals surface area contributed by atoms with Crippen LogP contribution in [-0.2, 0) is 16.0 Å². The number of amides is 1. The highest BCUT2D eigenvalue weighted by molar-refractivity contribution is 9.13. The van der Waals surface area contributed by atoms with Crippen LogP contribution < -0.4 is 5.32 Å². The van der Waals surface area contributed by atoms with Crippen molar-refractivity contribution in [2.75, 3.05) is 0 Å². The Labute approximate surface area is 150 Å². The second kappa shape index (κ2) is 8.31. The summed E-state index contributed by atoms with van der Waals surface area (Å²) in [6.07, 6.45) is 0.370. The van der Waals surface area contributed by atoms with Crippen LogP contribution in [0.1, 0.15) is 38.5 Å². The lowest BCUT2D eigenvalue weighted by atomic mass is 10.1. The van der Waals surface area contributed by atoms with Crippen molar-refractivity contribution >= 4 is 55.3 Å². The normalized spacial score (nSPS) is 12.8. The molecule has 0 aliphatic carbocycles. The van der Waals surface area contributed by atoms with Crippen LogP contribution in [0.3, 0.4) is 0 Å². The zero-order valence-corrected chi connectivity index (χ0v) is 16.6. The number of carboxylic acids is 1. The first-order chi connectivity index (χ1) is 10.1. The summed E-state index contributed by atoms with van der Waals surface area (Å²) in [6, 6.07) is 1.67. The molecule has 22 heavy (non-hydrogen) atoms. The summed E-state index contributed by atoms with van der Waals surface area (Å²) in [5.41, 5.74) is -0.587. The third-order valence-corrected chi connectivity index (χ3v) is 5.85. The molecule has 124 valence electrons. The van der Waals surface area contributed by atoms with Gasteiger partial charge in [0.25, 0.3) is 0 Å². The Balaban J connectivity index is 2.70. The zero-order valence-electron chi connectivity index (χ0n) is 12.6. The van der Waals surface area contributed by atoms with E-state index in [2.05, 4.69) is 37.2 Å². The average Bonchev–Trinajstić information content (AvgIpc) is 2.62. The molecule has 1 unspecified atom stereocenters. The molecule has 8 heteroatoms. The lowest BCUT2D eigenvalue weighted by Gasteiger charge is -2.23. The zero-order chi connectivity index (χ0) is 16.9. The molecule has 0 bridgehead atoms.